The van der Waals surface area contributed by atoms with E-state index in [-0.39, 0.29) is 10.8 Å². The Balaban J connectivity index is 2.11. The van der Waals surface area contributed by atoms with Crippen LogP contribution in [0.2, 0.25) is 24.7 Å². The quantitative estimate of drug-likeness (QED) is 0.661. The van der Waals surface area contributed by atoms with Crippen LogP contribution in [-0.2, 0) is 9.47 Å². The van der Waals surface area contributed by atoms with E-state index in [1.807, 2.05) is 0 Å². The SMILES string of the molecule is C[Si](C)(C)C1(C#N)CCC2(CC1)OCCO2. The van der Waals surface area contributed by atoms with Gasteiger partial charge in [-0.3, -0.25) is 0 Å². The van der Waals surface area contributed by atoms with Crippen molar-refractivity contribution in [3.05, 3.63) is 0 Å². The van der Waals surface area contributed by atoms with Crippen LogP contribution in [0.15, 0.2) is 0 Å². The van der Waals surface area contributed by atoms with Gasteiger partial charge in [-0.2, -0.15) is 5.26 Å². The smallest absolute Gasteiger partial charge is 0.168 e. The summed E-state index contributed by atoms with van der Waals surface area (Å²) in [4.78, 5) is 0. The Morgan fingerprint density at radius 2 is 1.50 bits per heavy atom. The molecule has 0 aromatic heterocycles. The lowest BCUT2D eigenvalue weighted by Gasteiger charge is -2.45. The van der Waals surface area contributed by atoms with Gasteiger partial charge in [-0.1, -0.05) is 19.6 Å². The lowest BCUT2D eigenvalue weighted by atomic mass is 9.85. The first-order valence-corrected chi connectivity index (χ1v) is 9.62. The summed E-state index contributed by atoms with van der Waals surface area (Å²) in [5, 5.41) is 9.44. The zero-order chi connectivity index (χ0) is 11.9. The molecule has 1 saturated heterocycles. The molecule has 0 N–H and O–H groups in total. The summed E-state index contributed by atoms with van der Waals surface area (Å²) in [6.07, 6.45) is 3.67. The van der Waals surface area contributed by atoms with Crippen LogP contribution in [0.3, 0.4) is 0 Å². The molecule has 1 saturated carbocycles. The molecule has 1 spiro atoms. The summed E-state index contributed by atoms with van der Waals surface area (Å²) in [7, 11) is -1.45. The predicted molar refractivity (Wildman–Crippen MR) is 64.8 cm³/mol. The Labute approximate surface area is 98.7 Å². The number of nitriles is 1. The number of hydrogen-bond donors (Lipinski definition) is 0. The van der Waals surface area contributed by atoms with Crippen LogP contribution < -0.4 is 0 Å². The van der Waals surface area contributed by atoms with Crippen molar-refractivity contribution in [2.24, 2.45) is 0 Å². The van der Waals surface area contributed by atoms with Crippen molar-refractivity contribution >= 4 is 8.07 Å². The van der Waals surface area contributed by atoms with E-state index in [0.29, 0.717) is 13.2 Å². The molecule has 4 heteroatoms. The first-order valence-electron chi connectivity index (χ1n) is 6.12. The Hall–Kier alpha value is -0.373. The Bertz CT molecular complexity index is 300. The molecule has 1 aliphatic heterocycles. The summed E-state index contributed by atoms with van der Waals surface area (Å²) >= 11 is 0. The summed E-state index contributed by atoms with van der Waals surface area (Å²) < 4.78 is 11.4. The Morgan fingerprint density at radius 1 is 1.00 bits per heavy atom. The van der Waals surface area contributed by atoms with Gasteiger partial charge in [0.1, 0.15) is 0 Å². The largest absolute Gasteiger partial charge is 0.348 e. The topological polar surface area (TPSA) is 42.2 Å². The lowest BCUT2D eigenvalue weighted by molar-refractivity contribution is -0.179. The van der Waals surface area contributed by atoms with Crippen molar-refractivity contribution in [2.75, 3.05) is 13.2 Å². The molecule has 0 unspecified atom stereocenters. The predicted octanol–water partition coefficient (Wildman–Crippen LogP) is 2.91. The standard InChI is InChI=1S/C12H21NO2Si/c1-16(2,3)11(10-13)4-6-12(7-5-11)14-8-9-15-12/h4-9H2,1-3H3. The van der Waals surface area contributed by atoms with Gasteiger partial charge in [-0.25, -0.2) is 0 Å². The van der Waals surface area contributed by atoms with Gasteiger partial charge in [0, 0.05) is 12.8 Å². The number of ether oxygens (including phenoxy) is 2. The molecule has 3 nitrogen and oxygen atoms in total. The van der Waals surface area contributed by atoms with Crippen molar-refractivity contribution in [3.8, 4) is 6.07 Å². The average Bonchev–Trinajstić information content (AvgIpc) is 2.67. The first kappa shape index (κ1) is 12.1. The van der Waals surface area contributed by atoms with Gasteiger partial charge in [0.15, 0.2) is 5.79 Å². The van der Waals surface area contributed by atoms with Crippen LogP contribution in [0, 0.1) is 11.3 Å². The molecule has 90 valence electrons. The van der Waals surface area contributed by atoms with E-state index in [9.17, 15) is 5.26 Å². The highest BCUT2D eigenvalue weighted by Gasteiger charge is 2.52. The third kappa shape index (κ3) is 1.81. The lowest BCUT2D eigenvalue weighted by Crippen LogP contribution is -2.46. The van der Waals surface area contributed by atoms with Gasteiger partial charge >= 0.3 is 0 Å². The van der Waals surface area contributed by atoms with Gasteiger partial charge in [0.05, 0.1) is 32.4 Å². The van der Waals surface area contributed by atoms with E-state index in [0.717, 1.165) is 25.7 Å². The van der Waals surface area contributed by atoms with Crippen LogP contribution >= 0.6 is 0 Å². The second kappa shape index (κ2) is 3.83. The van der Waals surface area contributed by atoms with E-state index < -0.39 is 8.07 Å². The highest BCUT2D eigenvalue weighted by atomic mass is 28.3. The van der Waals surface area contributed by atoms with Gasteiger partial charge in [0.25, 0.3) is 0 Å². The molecular formula is C12H21NO2Si. The van der Waals surface area contributed by atoms with Crippen LogP contribution in [0.25, 0.3) is 0 Å². The van der Waals surface area contributed by atoms with Gasteiger partial charge in [-0.05, 0) is 12.8 Å². The van der Waals surface area contributed by atoms with E-state index >= 15 is 0 Å². The fourth-order valence-electron chi connectivity index (χ4n) is 2.87. The van der Waals surface area contributed by atoms with Crippen LogP contribution in [0.5, 0.6) is 0 Å². The molecule has 0 radical (unpaired) electrons. The van der Waals surface area contributed by atoms with E-state index in [1.54, 1.807) is 0 Å². The number of hydrogen-bond acceptors (Lipinski definition) is 3. The zero-order valence-electron chi connectivity index (χ0n) is 10.5. The summed E-state index contributed by atoms with van der Waals surface area (Å²) in [5.41, 5.74) is 0. The molecule has 1 aliphatic carbocycles. The highest BCUT2D eigenvalue weighted by Crippen LogP contribution is 2.54. The fourth-order valence-corrected chi connectivity index (χ4v) is 4.96. The van der Waals surface area contributed by atoms with E-state index in [4.69, 9.17) is 9.47 Å². The molecular weight excluding hydrogens is 218 g/mol. The monoisotopic (exact) mass is 239 g/mol. The molecule has 2 fully saturated rings. The van der Waals surface area contributed by atoms with Crippen molar-refractivity contribution < 1.29 is 9.47 Å². The molecule has 0 amide bonds. The van der Waals surface area contributed by atoms with Crippen molar-refractivity contribution in [2.45, 2.75) is 56.1 Å². The molecule has 0 aromatic carbocycles. The van der Waals surface area contributed by atoms with Gasteiger partial charge in [0.2, 0.25) is 0 Å². The molecule has 0 aromatic rings. The maximum absolute atomic E-state index is 9.51. The average molecular weight is 239 g/mol. The molecule has 2 rings (SSSR count). The second-order valence-electron chi connectivity index (χ2n) is 6.05. The van der Waals surface area contributed by atoms with Crippen molar-refractivity contribution in [1.82, 2.24) is 0 Å². The Kier molecular flexibility index (Phi) is 2.90. The minimum atomic E-state index is -1.45. The number of rotatable bonds is 1. The third-order valence-electron chi connectivity index (χ3n) is 4.33. The van der Waals surface area contributed by atoms with Crippen LogP contribution in [-0.4, -0.2) is 27.1 Å². The normalized spacial score (nSPS) is 27.9. The second-order valence-corrected chi connectivity index (χ2v) is 11.5. The maximum Gasteiger partial charge on any atom is 0.168 e. The summed E-state index contributed by atoms with van der Waals surface area (Å²) in [6.45, 7) is 8.32. The van der Waals surface area contributed by atoms with Crippen molar-refractivity contribution in [3.63, 3.8) is 0 Å². The minimum Gasteiger partial charge on any atom is -0.348 e. The van der Waals surface area contributed by atoms with Gasteiger partial charge in [-0.15, -0.1) is 0 Å². The summed E-state index contributed by atoms with van der Waals surface area (Å²) in [5.74, 6) is -0.333. The first-order chi connectivity index (χ1) is 7.43. The minimum absolute atomic E-state index is 0.0758. The molecule has 0 bridgehead atoms. The van der Waals surface area contributed by atoms with Gasteiger partial charge < -0.3 is 9.47 Å². The molecule has 2 aliphatic rings. The van der Waals surface area contributed by atoms with E-state index in [2.05, 4.69) is 25.7 Å². The molecule has 0 atom stereocenters. The highest BCUT2D eigenvalue weighted by molar-refractivity contribution is 6.79. The molecule has 16 heavy (non-hydrogen) atoms. The van der Waals surface area contributed by atoms with Crippen LogP contribution in [0.1, 0.15) is 25.7 Å². The summed E-state index contributed by atoms with van der Waals surface area (Å²) in [6, 6.07) is 2.61. The van der Waals surface area contributed by atoms with Crippen molar-refractivity contribution in [1.29, 1.82) is 5.26 Å². The Morgan fingerprint density at radius 3 is 1.88 bits per heavy atom. The van der Waals surface area contributed by atoms with E-state index in [1.165, 1.54) is 0 Å². The zero-order valence-corrected chi connectivity index (χ0v) is 11.5. The van der Waals surface area contributed by atoms with Crippen LogP contribution in [0.4, 0.5) is 0 Å². The third-order valence-corrected chi connectivity index (χ3v) is 7.81. The number of nitrogens with zero attached hydrogens (tertiary/aromatic N) is 1. The fraction of sp³-hybridized carbons (Fsp3) is 0.917. The maximum atomic E-state index is 9.51. The molecule has 1 heterocycles.